The second kappa shape index (κ2) is 7.51. The molecular formula is C19H23N7O2. The molecule has 1 aliphatic rings. The first-order chi connectivity index (χ1) is 13.6. The summed E-state index contributed by atoms with van der Waals surface area (Å²) >= 11 is 0. The van der Waals surface area contributed by atoms with E-state index in [0.717, 1.165) is 17.8 Å². The van der Waals surface area contributed by atoms with Gasteiger partial charge in [0.05, 0.1) is 19.1 Å². The number of nitrogens with two attached hydrogens (primary N) is 1. The van der Waals surface area contributed by atoms with Crippen LogP contribution < -0.4 is 5.73 Å². The van der Waals surface area contributed by atoms with Gasteiger partial charge >= 0.3 is 0 Å². The fourth-order valence-electron chi connectivity index (χ4n) is 3.50. The number of fused-ring (bicyclic) bond motifs is 1. The van der Waals surface area contributed by atoms with Crippen molar-refractivity contribution in [2.45, 2.75) is 39.4 Å². The molecule has 0 fully saturated rings. The number of hydrogen-bond acceptors (Lipinski definition) is 7. The van der Waals surface area contributed by atoms with Crippen molar-refractivity contribution in [1.29, 1.82) is 0 Å². The van der Waals surface area contributed by atoms with Crippen molar-refractivity contribution in [3.63, 3.8) is 0 Å². The summed E-state index contributed by atoms with van der Waals surface area (Å²) in [5.74, 6) is 1.79. The molecular weight excluding hydrogens is 358 g/mol. The molecule has 0 unspecified atom stereocenters. The Balaban J connectivity index is 1.71. The fourth-order valence-corrected chi connectivity index (χ4v) is 3.50. The van der Waals surface area contributed by atoms with E-state index in [1.807, 2.05) is 21.7 Å². The number of hydrogen-bond donors (Lipinski definition) is 1. The van der Waals surface area contributed by atoms with Crippen LogP contribution in [0, 0.1) is 5.92 Å². The summed E-state index contributed by atoms with van der Waals surface area (Å²) in [6.07, 6.45) is 5.73. The second-order valence-electron chi connectivity index (χ2n) is 6.92. The molecule has 0 radical (unpaired) electrons. The molecule has 3 aromatic rings. The maximum absolute atomic E-state index is 13.1. The predicted octanol–water partition coefficient (Wildman–Crippen LogP) is 2.03. The van der Waals surface area contributed by atoms with Crippen molar-refractivity contribution < 1.29 is 9.21 Å². The topological polar surface area (TPSA) is 116 Å². The van der Waals surface area contributed by atoms with E-state index < -0.39 is 0 Å². The molecule has 0 spiro atoms. The van der Waals surface area contributed by atoms with Gasteiger partial charge in [-0.3, -0.25) is 9.78 Å². The molecule has 0 aromatic carbocycles. The van der Waals surface area contributed by atoms with Crippen LogP contribution in [0.4, 0.5) is 0 Å². The maximum atomic E-state index is 13.1. The van der Waals surface area contributed by atoms with Crippen LogP contribution in [0.15, 0.2) is 35.2 Å². The minimum absolute atomic E-state index is 0.158. The van der Waals surface area contributed by atoms with Gasteiger partial charge < -0.3 is 15.1 Å². The van der Waals surface area contributed by atoms with E-state index in [1.54, 1.807) is 12.4 Å². The Morgan fingerprint density at radius 3 is 2.93 bits per heavy atom. The lowest BCUT2D eigenvalue weighted by Gasteiger charge is -2.37. The number of nitrogens with zero attached hydrogens (tertiary/aromatic N) is 6. The zero-order valence-electron chi connectivity index (χ0n) is 15.9. The van der Waals surface area contributed by atoms with Crippen LogP contribution in [-0.4, -0.2) is 42.1 Å². The van der Waals surface area contributed by atoms with Gasteiger partial charge in [0.25, 0.3) is 5.91 Å². The summed E-state index contributed by atoms with van der Waals surface area (Å²) in [4.78, 5) is 28.1. The van der Waals surface area contributed by atoms with Crippen LogP contribution in [-0.2, 0) is 13.1 Å². The quantitative estimate of drug-likeness (QED) is 0.719. The molecule has 2 N–H and O–H groups in total. The molecule has 2 atom stereocenters. The number of pyridine rings is 1. The van der Waals surface area contributed by atoms with E-state index in [4.69, 9.17) is 15.1 Å². The molecule has 4 heterocycles. The van der Waals surface area contributed by atoms with Crippen molar-refractivity contribution in [3.05, 3.63) is 48.2 Å². The molecule has 9 heteroatoms. The number of rotatable bonds is 5. The average Bonchev–Trinajstić information content (AvgIpc) is 3.39. The standard InChI is InChI=1S/C19H23N7O2/c1-3-12(2)16-18-23-17(13-5-4-6-21-10-13)24-26(18)8-7-25(16)19(27)14-11-28-15(9-20)22-14/h4-6,10-12,16H,3,7-9,20H2,1-2H3/t12-,16-/m0/s1. The smallest absolute Gasteiger partial charge is 0.276 e. The number of carbonyl (C=O) groups excluding carboxylic acids is 1. The Morgan fingerprint density at radius 2 is 2.25 bits per heavy atom. The van der Waals surface area contributed by atoms with Crippen LogP contribution in [0.2, 0.25) is 0 Å². The number of aromatic nitrogens is 5. The molecule has 146 valence electrons. The zero-order chi connectivity index (χ0) is 19.7. The molecule has 3 aromatic heterocycles. The van der Waals surface area contributed by atoms with Gasteiger partial charge in [0, 0.05) is 24.5 Å². The van der Waals surface area contributed by atoms with E-state index in [2.05, 4.69) is 28.9 Å². The van der Waals surface area contributed by atoms with Crippen molar-refractivity contribution >= 4 is 5.91 Å². The monoisotopic (exact) mass is 381 g/mol. The highest BCUT2D eigenvalue weighted by atomic mass is 16.3. The van der Waals surface area contributed by atoms with Gasteiger partial charge in [0.15, 0.2) is 17.3 Å². The number of amides is 1. The Morgan fingerprint density at radius 1 is 1.39 bits per heavy atom. The van der Waals surface area contributed by atoms with Gasteiger partial charge in [-0.05, 0) is 18.1 Å². The Hall–Kier alpha value is -3.07. The third-order valence-electron chi connectivity index (χ3n) is 5.16. The molecule has 4 rings (SSSR count). The highest BCUT2D eigenvalue weighted by molar-refractivity contribution is 5.92. The van der Waals surface area contributed by atoms with Crippen LogP contribution in [0.3, 0.4) is 0 Å². The minimum Gasteiger partial charge on any atom is -0.447 e. The van der Waals surface area contributed by atoms with Crippen molar-refractivity contribution in [3.8, 4) is 11.4 Å². The van der Waals surface area contributed by atoms with E-state index in [9.17, 15) is 4.79 Å². The maximum Gasteiger partial charge on any atom is 0.276 e. The normalized spacial score (nSPS) is 17.4. The second-order valence-corrected chi connectivity index (χ2v) is 6.92. The lowest BCUT2D eigenvalue weighted by molar-refractivity contribution is 0.0512. The van der Waals surface area contributed by atoms with Crippen LogP contribution in [0.25, 0.3) is 11.4 Å². The summed E-state index contributed by atoms with van der Waals surface area (Å²) in [5, 5.41) is 4.65. The Labute approximate surface area is 162 Å². The third kappa shape index (κ3) is 3.18. The molecule has 28 heavy (non-hydrogen) atoms. The van der Waals surface area contributed by atoms with E-state index in [1.165, 1.54) is 6.26 Å². The van der Waals surface area contributed by atoms with Gasteiger partial charge in [-0.15, -0.1) is 0 Å². The van der Waals surface area contributed by atoms with Gasteiger partial charge in [0.2, 0.25) is 5.89 Å². The van der Waals surface area contributed by atoms with Crippen molar-refractivity contribution in [2.75, 3.05) is 6.54 Å². The number of carbonyl (C=O) groups is 1. The Kier molecular flexibility index (Phi) is 4.91. The summed E-state index contributed by atoms with van der Waals surface area (Å²) in [6, 6.07) is 3.60. The molecule has 0 aliphatic carbocycles. The number of oxazole rings is 1. The molecule has 9 nitrogen and oxygen atoms in total. The first-order valence-electron chi connectivity index (χ1n) is 9.43. The molecule has 0 bridgehead atoms. The average molecular weight is 381 g/mol. The van der Waals surface area contributed by atoms with E-state index in [0.29, 0.717) is 24.8 Å². The minimum atomic E-state index is -0.192. The van der Waals surface area contributed by atoms with Crippen LogP contribution in [0.5, 0.6) is 0 Å². The lowest BCUT2D eigenvalue weighted by atomic mass is 9.95. The fraction of sp³-hybridized carbons (Fsp3) is 0.421. The van der Waals surface area contributed by atoms with Gasteiger partial charge in [-0.25, -0.2) is 14.6 Å². The first-order valence-corrected chi connectivity index (χ1v) is 9.43. The van der Waals surface area contributed by atoms with Crippen LogP contribution >= 0.6 is 0 Å². The van der Waals surface area contributed by atoms with Gasteiger partial charge in [-0.1, -0.05) is 20.3 Å². The summed E-state index contributed by atoms with van der Waals surface area (Å²) in [5.41, 5.74) is 6.68. The van der Waals surface area contributed by atoms with Gasteiger partial charge in [0.1, 0.15) is 6.26 Å². The summed E-state index contributed by atoms with van der Waals surface area (Å²) in [6.45, 7) is 5.48. The summed E-state index contributed by atoms with van der Waals surface area (Å²) < 4.78 is 7.16. The molecule has 1 amide bonds. The van der Waals surface area contributed by atoms with Crippen molar-refractivity contribution in [2.24, 2.45) is 11.7 Å². The summed E-state index contributed by atoms with van der Waals surface area (Å²) in [7, 11) is 0. The highest BCUT2D eigenvalue weighted by Crippen LogP contribution is 2.34. The molecule has 0 saturated heterocycles. The molecule has 1 aliphatic heterocycles. The van der Waals surface area contributed by atoms with Gasteiger partial charge in [-0.2, -0.15) is 5.10 Å². The highest BCUT2D eigenvalue weighted by Gasteiger charge is 2.38. The predicted molar refractivity (Wildman–Crippen MR) is 101 cm³/mol. The molecule has 0 saturated carbocycles. The van der Waals surface area contributed by atoms with Crippen molar-refractivity contribution in [1.82, 2.24) is 29.6 Å². The zero-order valence-corrected chi connectivity index (χ0v) is 15.9. The Bertz CT molecular complexity index is 966. The third-order valence-corrected chi connectivity index (χ3v) is 5.16. The van der Waals surface area contributed by atoms with E-state index >= 15 is 0 Å². The van der Waals surface area contributed by atoms with E-state index in [-0.39, 0.29) is 30.1 Å². The lowest BCUT2D eigenvalue weighted by Crippen LogP contribution is -2.45. The van der Waals surface area contributed by atoms with Crippen LogP contribution in [0.1, 0.15) is 48.5 Å². The largest absolute Gasteiger partial charge is 0.447 e. The SMILES string of the molecule is CC[C@H](C)[C@H]1c2nc(-c3cccnc3)nn2CCN1C(=O)c1coc(CN)n1. The first kappa shape index (κ1) is 18.3.